The van der Waals surface area contributed by atoms with Gasteiger partial charge in [0.15, 0.2) is 0 Å². The first kappa shape index (κ1) is 15.4. The maximum absolute atomic E-state index is 12.3. The molecule has 0 spiro atoms. The molecule has 2 aromatic carbocycles. The molecule has 0 aliphatic carbocycles. The average Bonchev–Trinajstić information content (AvgIpc) is 2.54. The minimum absolute atomic E-state index is 0.0192. The Balaban J connectivity index is 2.32. The Morgan fingerprint density at radius 1 is 1.00 bits per heavy atom. The van der Waals surface area contributed by atoms with Crippen molar-refractivity contribution in [2.75, 3.05) is 19.5 Å². The van der Waals surface area contributed by atoms with Crippen molar-refractivity contribution in [3.8, 4) is 11.5 Å². The molecular weight excluding hydrogens is 286 g/mol. The Labute approximate surface area is 127 Å². The third-order valence-corrected chi connectivity index (χ3v) is 3.02. The van der Waals surface area contributed by atoms with Crippen LogP contribution in [0.2, 0.25) is 0 Å². The van der Waals surface area contributed by atoms with Gasteiger partial charge in [-0.25, -0.2) is 4.79 Å². The zero-order valence-electron chi connectivity index (χ0n) is 12.1. The number of rotatable bonds is 5. The monoisotopic (exact) mass is 301 g/mol. The van der Waals surface area contributed by atoms with Crippen LogP contribution in [0.25, 0.3) is 0 Å². The first-order chi connectivity index (χ1) is 10.5. The van der Waals surface area contributed by atoms with Crippen molar-refractivity contribution in [1.29, 1.82) is 0 Å². The fourth-order valence-electron chi connectivity index (χ4n) is 1.91. The number of carboxylic acids is 1. The molecule has 22 heavy (non-hydrogen) atoms. The molecule has 6 heteroatoms. The Morgan fingerprint density at radius 2 is 1.59 bits per heavy atom. The first-order valence-electron chi connectivity index (χ1n) is 6.42. The second-order valence-corrected chi connectivity index (χ2v) is 4.41. The lowest BCUT2D eigenvalue weighted by atomic mass is 10.1. The van der Waals surface area contributed by atoms with Crippen LogP contribution in [0.5, 0.6) is 11.5 Å². The van der Waals surface area contributed by atoms with E-state index in [2.05, 4.69) is 5.32 Å². The summed E-state index contributed by atoms with van der Waals surface area (Å²) in [6.07, 6.45) is 0. The zero-order valence-corrected chi connectivity index (χ0v) is 12.1. The standard InChI is InChI=1S/C16H15NO5/c1-21-11-7-10(8-12(9-11)22-2)15(18)17-14-6-4-3-5-13(14)16(19)20/h3-9H,1-2H3,(H,17,18)(H,19,20). The maximum Gasteiger partial charge on any atom is 0.337 e. The summed E-state index contributed by atoms with van der Waals surface area (Å²) in [5.41, 5.74) is 0.545. The smallest absolute Gasteiger partial charge is 0.337 e. The van der Waals surface area contributed by atoms with Crippen molar-refractivity contribution in [1.82, 2.24) is 0 Å². The Morgan fingerprint density at radius 3 is 2.14 bits per heavy atom. The fourth-order valence-corrected chi connectivity index (χ4v) is 1.91. The van der Waals surface area contributed by atoms with Crippen LogP contribution in [0, 0.1) is 0 Å². The summed E-state index contributed by atoms with van der Waals surface area (Å²) in [5.74, 6) is -0.628. The average molecular weight is 301 g/mol. The summed E-state index contributed by atoms with van der Waals surface area (Å²) >= 11 is 0. The van der Waals surface area contributed by atoms with E-state index in [1.807, 2.05) is 0 Å². The van der Waals surface area contributed by atoms with Crippen molar-refractivity contribution >= 4 is 17.6 Å². The van der Waals surface area contributed by atoms with Crippen LogP contribution in [-0.4, -0.2) is 31.2 Å². The van der Waals surface area contributed by atoms with Crippen molar-refractivity contribution < 1.29 is 24.2 Å². The molecule has 0 unspecified atom stereocenters. The summed E-state index contributed by atoms with van der Waals surface area (Å²) < 4.78 is 10.2. The molecule has 0 saturated heterocycles. The number of carboxylic acid groups (broad SMARTS) is 1. The van der Waals surface area contributed by atoms with Crippen molar-refractivity contribution in [3.63, 3.8) is 0 Å². The lowest BCUT2D eigenvalue weighted by Crippen LogP contribution is -2.15. The fraction of sp³-hybridized carbons (Fsp3) is 0.125. The summed E-state index contributed by atoms with van der Waals surface area (Å²) in [6.45, 7) is 0. The van der Waals surface area contributed by atoms with Gasteiger partial charge < -0.3 is 19.9 Å². The number of carbonyl (C=O) groups excluding carboxylic acids is 1. The van der Waals surface area contributed by atoms with Crippen LogP contribution in [-0.2, 0) is 0 Å². The minimum Gasteiger partial charge on any atom is -0.497 e. The van der Waals surface area contributed by atoms with Crippen LogP contribution < -0.4 is 14.8 Å². The van der Waals surface area contributed by atoms with Gasteiger partial charge in [-0.05, 0) is 24.3 Å². The molecule has 0 aliphatic heterocycles. The molecule has 0 aromatic heterocycles. The van der Waals surface area contributed by atoms with Gasteiger partial charge in [-0.15, -0.1) is 0 Å². The van der Waals surface area contributed by atoms with Crippen LogP contribution in [0.1, 0.15) is 20.7 Å². The van der Waals surface area contributed by atoms with Gasteiger partial charge in [0.25, 0.3) is 5.91 Å². The lowest BCUT2D eigenvalue weighted by Gasteiger charge is -2.10. The van der Waals surface area contributed by atoms with Crippen LogP contribution in [0.3, 0.4) is 0 Å². The molecule has 0 atom stereocenters. The number of anilines is 1. The predicted molar refractivity (Wildman–Crippen MR) is 80.9 cm³/mol. The molecule has 114 valence electrons. The molecule has 2 N–H and O–H groups in total. The molecule has 0 bridgehead atoms. The number of hydrogen-bond acceptors (Lipinski definition) is 4. The molecule has 2 rings (SSSR count). The zero-order chi connectivity index (χ0) is 16.1. The number of carbonyl (C=O) groups is 2. The van der Waals surface area contributed by atoms with Gasteiger partial charge in [0, 0.05) is 11.6 Å². The van der Waals surface area contributed by atoms with Gasteiger partial charge in [-0.2, -0.15) is 0 Å². The third kappa shape index (κ3) is 3.35. The molecular formula is C16H15NO5. The number of para-hydroxylation sites is 1. The number of amides is 1. The van der Waals surface area contributed by atoms with E-state index < -0.39 is 11.9 Å². The Hall–Kier alpha value is -3.02. The summed E-state index contributed by atoms with van der Waals surface area (Å²) in [7, 11) is 2.96. The predicted octanol–water partition coefficient (Wildman–Crippen LogP) is 2.65. The number of ether oxygens (including phenoxy) is 2. The van der Waals surface area contributed by atoms with E-state index >= 15 is 0 Å². The lowest BCUT2D eigenvalue weighted by molar-refractivity contribution is 0.0698. The maximum atomic E-state index is 12.3. The van der Waals surface area contributed by atoms with E-state index in [1.165, 1.54) is 26.4 Å². The molecule has 0 saturated carbocycles. The number of hydrogen-bond donors (Lipinski definition) is 2. The highest BCUT2D eigenvalue weighted by Crippen LogP contribution is 2.24. The van der Waals surface area contributed by atoms with Gasteiger partial charge in [0.2, 0.25) is 0 Å². The molecule has 6 nitrogen and oxygen atoms in total. The Kier molecular flexibility index (Phi) is 4.63. The van der Waals surface area contributed by atoms with Crippen LogP contribution in [0.15, 0.2) is 42.5 Å². The SMILES string of the molecule is COc1cc(OC)cc(C(=O)Nc2ccccc2C(=O)O)c1. The van der Waals surface area contributed by atoms with Crippen LogP contribution in [0.4, 0.5) is 5.69 Å². The summed E-state index contributed by atoms with van der Waals surface area (Å²) in [4.78, 5) is 23.5. The minimum atomic E-state index is -1.11. The van der Waals surface area contributed by atoms with Crippen molar-refractivity contribution in [2.45, 2.75) is 0 Å². The second-order valence-electron chi connectivity index (χ2n) is 4.41. The largest absolute Gasteiger partial charge is 0.497 e. The van der Waals surface area contributed by atoms with E-state index in [1.54, 1.807) is 30.3 Å². The molecule has 2 aromatic rings. The van der Waals surface area contributed by atoms with Crippen LogP contribution >= 0.6 is 0 Å². The topological polar surface area (TPSA) is 84.9 Å². The number of aromatic carboxylic acids is 1. The van der Waals surface area contributed by atoms with E-state index in [4.69, 9.17) is 14.6 Å². The molecule has 1 amide bonds. The Bertz CT molecular complexity index is 689. The quantitative estimate of drug-likeness (QED) is 0.887. The van der Waals surface area contributed by atoms with Gasteiger partial charge in [0.05, 0.1) is 25.5 Å². The van der Waals surface area contributed by atoms with Crippen molar-refractivity contribution in [2.24, 2.45) is 0 Å². The van der Waals surface area contributed by atoms with E-state index in [9.17, 15) is 9.59 Å². The molecule has 0 radical (unpaired) electrons. The van der Waals surface area contributed by atoms with Gasteiger partial charge in [-0.3, -0.25) is 4.79 Å². The summed E-state index contributed by atoms with van der Waals surface area (Å²) in [5, 5.41) is 11.7. The highest BCUT2D eigenvalue weighted by molar-refractivity contribution is 6.08. The third-order valence-electron chi connectivity index (χ3n) is 3.02. The van der Waals surface area contributed by atoms with E-state index in [0.717, 1.165) is 0 Å². The van der Waals surface area contributed by atoms with E-state index in [-0.39, 0.29) is 11.3 Å². The normalized spacial score (nSPS) is 9.91. The van der Waals surface area contributed by atoms with Gasteiger partial charge in [0.1, 0.15) is 11.5 Å². The molecule has 0 aliphatic rings. The van der Waals surface area contributed by atoms with Gasteiger partial charge >= 0.3 is 5.97 Å². The molecule has 0 fully saturated rings. The van der Waals surface area contributed by atoms with Gasteiger partial charge in [-0.1, -0.05) is 12.1 Å². The molecule has 0 heterocycles. The number of methoxy groups -OCH3 is 2. The second kappa shape index (κ2) is 6.62. The number of benzene rings is 2. The number of nitrogens with one attached hydrogen (secondary N) is 1. The van der Waals surface area contributed by atoms with E-state index in [0.29, 0.717) is 17.1 Å². The first-order valence-corrected chi connectivity index (χ1v) is 6.42. The highest BCUT2D eigenvalue weighted by Gasteiger charge is 2.14. The van der Waals surface area contributed by atoms with Crippen molar-refractivity contribution in [3.05, 3.63) is 53.6 Å². The summed E-state index contributed by atoms with van der Waals surface area (Å²) in [6, 6.07) is 10.9. The highest BCUT2D eigenvalue weighted by atomic mass is 16.5.